The first kappa shape index (κ1) is 14.2. The maximum atomic E-state index is 5.64. The van der Waals surface area contributed by atoms with E-state index in [2.05, 4.69) is 61.9 Å². The third kappa shape index (κ3) is 4.60. The number of oxime groups is 1. The van der Waals surface area contributed by atoms with Crippen LogP contribution < -0.4 is 0 Å². The van der Waals surface area contributed by atoms with Crippen molar-refractivity contribution < 1.29 is 4.53 Å². The van der Waals surface area contributed by atoms with Gasteiger partial charge in [0, 0.05) is 0 Å². The smallest absolute Gasteiger partial charge is 0.286 e. The highest BCUT2D eigenvalue weighted by Crippen LogP contribution is 2.36. The van der Waals surface area contributed by atoms with Crippen molar-refractivity contribution in [3.63, 3.8) is 0 Å². The van der Waals surface area contributed by atoms with Crippen molar-refractivity contribution in [1.82, 2.24) is 0 Å². The van der Waals surface area contributed by atoms with Crippen LogP contribution in [0.15, 0.2) is 5.16 Å². The van der Waals surface area contributed by atoms with E-state index < -0.39 is 8.32 Å². The minimum atomic E-state index is -1.70. The van der Waals surface area contributed by atoms with Gasteiger partial charge in [-0.15, -0.1) is 5.16 Å². The van der Waals surface area contributed by atoms with Crippen molar-refractivity contribution in [1.29, 1.82) is 0 Å². The summed E-state index contributed by atoms with van der Waals surface area (Å²) in [4.78, 5) is 0.326. The average molecular weight is 280 g/mol. The first-order valence-corrected chi connectivity index (χ1v) is 8.89. The fourth-order valence-corrected chi connectivity index (χ4v) is 1.17. The molecule has 0 saturated carbocycles. The summed E-state index contributed by atoms with van der Waals surface area (Å²) in [5, 5.41) is 4.29. The molecule has 0 spiro atoms. The molecule has 0 aromatic heterocycles. The van der Waals surface area contributed by atoms with Crippen molar-refractivity contribution in [3.8, 4) is 0 Å². The van der Waals surface area contributed by atoms with Crippen LogP contribution in [-0.4, -0.2) is 19.4 Å². The first-order valence-electron chi connectivity index (χ1n) is 5.06. The van der Waals surface area contributed by atoms with Crippen LogP contribution in [0.2, 0.25) is 18.1 Å². The highest BCUT2D eigenvalue weighted by Gasteiger charge is 2.39. The molecule has 1 unspecified atom stereocenters. The third-order valence-corrected chi connectivity index (χ3v) is 7.76. The number of alkyl halides is 1. The highest BCUT2D eigenvalue weighted by atomic mass is 79.9. The van der Waals surface area contributed by atoms with Crippen molar-refractivity contribution in [3.05, 3.63) is 0 Å². The molecule has 0 aromatic carbocycles. The molecule has 0 heterocycles. The number of hydrogen-bond donors (Lipinski definition) is 0. The number of halogens is 1. The van der Waals surface area contributed by atoms with Crippen LogP contribution in [0.3, 0.4) is 0 Å². The molecule has 0 aliphatic heterocycles. The molecular formula is C10H22BrNOSi. The molecule has 0 rings (SSSR count). The first-order chi connectivity index (χ1) is 6.20. The Kier molecular flexibility index (Phi) is 5.37. The van der Waals surface area contributed by atoms with Gasteiger partial charge < -0.3 is 4.53 Å². The van der Waals surface area contributed by atoms with Crippen LogP contribution in [-0.2, 0) is 4.53 Å². The maximum absolute atomic E-state index is 5.64. The average Bonchev–Trinajstić information content (AvgIpc) is 2.01. The van der Waals surface area contributed by atoms with Gasteiger partial charge in [0.15, 0.2) is 0 Å². The topological polar surface area (TPSA) is 21.6 Å². The standard InChI is InChI=1S/C10H22BrNOSi/c1-7-9(11)8-12-13-14(5,6)10(2,3)4/h8-9H,7H2,1-6H3/b12-8+. The van der Waals surface area contributed by atoms with Gasteiger partial charge in [0.25, 0.3) is 8.32 Å². The summed E-state index contributed by atoms with van der Waals surface area (Å²) in [6, 6.07) is 0. The van der Waals surface area contributed by atoms with E-state index >= 15 is 0 Å². The largest absolute Gasteiger partial charge is 0.455 e. The zero-order valence-electron chi connectivity index (χ0n) is 10.1. The zero-order valence-corrected chi connectivity index (χ0v) is 12.7. The SMILES string of the molecule is CCC(Br)/C=N/O[Si](C)(C)C(C)(C)C. The van der Waals surface area contributed by atoms with E-state index in [1.165, 1.54) is 0 Å². The molecule has 0 aliphatic rings. The molecule has 0 bridgehead atoms. The summed E-state index contributed by atoms with van der Waals surface area (Å²) in [7, 11) is -1.70. The normalized spacial score (nSPS) is 15.9. The van der Waals surface area contributed by atoms with Crippen LogP contribution >= 0.6 is 15.9 Å². The second-order valence-electron chi connectivity index (χ2n) is 5.03. The minimum absolute atomic E-state index is 0.221. The molecule has 14 heavy (non-hydrogen) atoms. The molecule has 0 N–H and O–H groups in total. The zero-order chi connectivity index (χ0) is 11.4. The van der Waals surface area contributed by atoms with Crippen LogP contribution in [0.1, 0.15) is 34.1 Å². The fourth-order valence-electron chi connectivity index (χ4n) is 0.471. The molecule has 84 valence electrons. The second-order valence-corrected chi connectivity index (χ2v) is 10.9. The van der Waals surface area contributed by atoms with E-state index in [4.69, 9.17) is 4.53 Å². The quantitative estimate of drug-likeness (QED) is 0.328. The molecule has 2 nitrogen and oxygen atoms in total. The molecule has 0 amide bonds. The monoisotopic (exact) mass is 279 g/mol. The lowest BCUT2D eigenvalue weighted by Gasteiger charge is -2.33. The molecule has 4 heteroatoms. The lowest BCUT2D eigenvalue weighted by atomic mass is 10.2. The maximum Gasteiger partial charge on any atom is 0.286 e. The fraction of sp³-hybridized carbons (Fsp3) is 0.900. The number of rotatable bonds is 4. The Morgan fingerprint density at radius 3 is 2.29 bits per heavy atom. The van der Waals surface area contributed by atoms with Crippen molar-refractivity contribution in [2.75, 3.05) is 0 Å². The van der Waals surface area contributed by atoms with E-state index in [-0.39, 0.29) is 5.04 Å². The van der Waals surface area contributed by atoms with Crippen LogP contribution in [0.5, 0.6) is 0 Å². The van der Waals surface area contributed by atoms with Crippen LogP contribution in [0.25, 0.3) is 0 Å². The number of hydrogen-bond acceptors (Lipinski definition) is 2. The Morgan fingerprint density at radius 2 is 1.93 bits per heavy atom. The number of nitrogens with zero attached hydrogens (tertiary/aromatic N) is 1. The molecule has 1 atom stereocenters. The third-order valence-electron chi connectivity index (χ3n) is 2.70. The Morgan fingerprint density at radius 1 is 1.43 bits per heavy atom. The van der Waals surface area contributed by atoms with Gasteiger partial charge >= 0.3 is 0 Å². The Labute approximate surface area is 97.4 Å². The van der Waals surface area contributed by atoms with E-state index in [0.29, 0.717) is 4.83 Å². The van der Waals surface area contributed by atoms with Gasteiger partial charge in [0.05, 0.1) is 11.0 Å². The summed E-state index contributed by atoms with van der Waals surface area (Å²) in [6.07, 6.45) is 2.87. The van der Waals surface area contributed by atoms with Gasteiger partial charge in [-0.05, 0) is 24.6 Å². The van der Waals surface area contributed by atoms with E-state index in [1.54, 1.807) is 0 Å². The Balaban J connectivity index is 4.19. The van der Waals surface area contributed by atoms with E-state index in [1.807, 2.05) is 6.21 Å². The summed E-state index contributed by atoms with van der Waals surface area (Å²) in [5.41, 5.74) is 0. The molecule has 0 radical (unpaired) electrons. The minimum Gasteiger partial charge on any atom is -0.455 e. The molecule has 0 aliphatic carbocycles. The lowest BCUT2D eigenvalue weighted by molar-refractivity contribution is 0.309. The van der Waals surface area contributed by atoms with Crippen molar-refractivity contribution in [2.45, 2.75) is 57.1 Å². The van der Waals surface area contributed by atoms with Crippen molar-refractivity contribution in [2.24, 2.45) is 5.16 Å². The van der Waals surface area contributed by atoms with Gasteiger partial charge in [0.1, 0.15) is 0 Å². The summed E-state index contributed by atoms with van der Waals surface area (Å²) >= 11 is 3.48. The molecule has 0 aromatic rings. The van der Waals surface area contributed by atoms with E-state index in [9.17, 15) is 0 Å². The lowest BCUT2D eigenvalue weighted by Crippen LogP contribution is -2.39. The van der Waals surface area contributed by atoms with Gasteiger partial charge in [-0.25, -0.2) is 0 Å². The predicted molar refractivity (Wildman–Crippen MR) is 69.8 cm³/mol. The van der Waals surface area contributed by atoms with Gasteiger partial charge in [-0.1, -0.05) is 43.6 Å². The van der Waals surface area contributed by atoms with E-state index in [0.717, 1.165) is 6.42 Å². The molecule has 0 saturated heterocycles. The van der Waals surface area contributed by atoms with Crippen LogP contribution in [0.4, 0.5) is 0 Å². The Bertz CT molecular complexity index is 199. The molecular weight excluding hydrogens is 258 g/mol. The predicted octanol–water partition coefficient (Wildman–Crippen LogP) is 4.17. The van der Waals surface area contributed by atoms with Gasteiger partial charge in [0.2, 0.25) is 0 Å². The highest BCUT2D eigenvalue weighted by molar-refractivity contribution is 9.09. The second kappa shape index (κ2) is 5.31. The molecule has 0 fully saturated rings. The van der Waals surface area contributed by atoms with Crippen molar-refractivity contribution >= 4 is 30.5 Å². The summed E-state index contributed by atoms with van der Waals surface area (Å²) < 4.78 is 5.64. The summed E-state index contributed by atoms with van der Waals surface area (Å²) in [6.45, 7) is 13.1. The van der Waals surface area contributed by atoms with Gasteiger partial charge in [-0.3, -0.25) is 0 Å². The van der Waals surface area contributed by atoms with Crippen LogP contribution in [0, 0.1) is 0 Å². The summed E-state index contributed by atoms with van der Waals surface area (Å²) in [5.74, 6) is 0. The Hall–Kier alpha value is 0.167. The van der Waals surface area contributed by atoms with Gasteiger partial charge in [-0.2, -0.15) is 0 Å².